The minimum atomic E-state index is -0.229. The summed E-state index contributed by atoms with van der Waals surface area (Å²) in [5.41, 5.74) is 0. The molecule has 0 bridgehead atoms. The normalized spacial score (nSPS) is 17.2. The lowest BCUT2D eigenvalue weighted by atomic mass is 10.2. The number of nitrogens with one attached hydrogen (secondary N) is 1. The Balaban J connectivity index is 1.84. The van der Waals surface area contributed by atoms with Crippen molar-refractivity contribution in [1.29, 1.82) is 0 Å². The molecule has 1 amide bonds. The van der Waals surface area contributed by atoms with Gasteiger partial charge in [-0.2, -0.15) is 5.10 Å². The highest BCUT2D eigenvalue weighted by Crippen LogP contribution is 2.03. The highest BCUT2D eigenvalue weighted by Gasteiger charge is 2.22. The molecular formula is C14H25N5O2. The Morgan fingerprint density at radius 2 is 2.10 bits per heavy atom. The van der Waals surface area contributed by atoms with Gasteiger partial charge in [-0.05, 0) is 12.8 Å². The Bertz CT molecular complexity index is 454. The van der Waals surface area contributed by atoms with Gasteiger partial charge < -0.3 is 9.64 Å². The zero-order chi connectivity index (χ0) is 15.2. The third-order valence-electron chi connectivity index (χ3n) is 3.49. The smallest absolute Gasteiger partial charge is 0.239 e. The number of hydrogen-bond donors (Lipinski definition) is 1. The van der Waals surface area contributed by atoms with E-state index in [-0.39, 0.29) is 11.9 Å². The van der Waals surface area contributed by atoms with Crippen molar-refractivity contribution in [3.8, 4) is 0 Å². The maximum atomic E-state index is 12.3. The van der Waals surface area contributed by atoms with Crippen LogP contribution in [-0.2, 0) is 22.6 Å². The number of morpholine rings is 1. The van der Waals surface area contributed by atoms with E-state index in [1.807, 2.05) is 16.5 Å². The Morgan fingerprint density at radius 1 is 1.38 bits per heavy atom. The summed E-state index contributed by atoms with van der Waals surface area (Å²) >= 11 is 0. The molecular weight excluding hydrogens is 270 g/mol. The van der Waals surface area contributed by atoms with E-state index < -0.39 is 0 Å². The maximum Gasteiger partial charge on any atom is 0.239 e. The molecule has 1 unspecified atom stereocenters. The van der Waals surface area contributed by atoms with Crippen molar-refractivity contribution < 1.29 is 9.53 Å². The molecule has 1 fully saturated rings. The molecule has 0 radical (unpaired) electrons. The molecule has 1 atom stereocenters. The van der Waals surface area contributed by atoms with Crippen LogP contribution in [0.4, 0.5) is 0 Å². The van der Waals surface area contributed by atoms with Gasteiger partial charge in [0.05, 0.1) is 25.8 Å². The van der Waals surface area contributed by atoms with Crippen LogP contribution in [0.3, 0.4) is 0 Å². The van der Waals surface area contributed by atoms with Gasteiger partial charge in [0.1, 0.15) is 12.2 Å². The molecule has 0 aliphatic carbocycles. The number of carbonyl (C=O) groups excluding carboxylic acids is 1. The second kappa shape index (κ2) is 7.51. The summed E-state index contributed by atoms with van der Waals surface area (Å²) in [6.07, 6.45) is 1.56. The van der Waals surface area contributed by atoms with E-state index in [0.717, 1.165) is 12.4 Å². The number of aromatic nitrogens is 3. The fraction of sp³-hybridized carbons (Fsp3) is 0.786. The average Bonchev–Trinajstić information content (AvgIpc) is 2.91. The van der Waals surface area contributed by atoms with E-state index >= 15 is 0 Å². The molecule has 7 heteroatoms. The first-order valence-corrected chi connectivity index (χ1v) is 7.54. The van der Waals surface area contributed by atoms with Gasteiger partial charge >= 0.3 is 0 Å². The monoisotopic (exact) mass is 295 g/mol. The van der Waals surface area contributed by atoms with Crippen LogP contribution in [0.5, 0.6) is 0 Å². The Morgan fingerprint density at radius 3 is 2.76 bits per heavy atom. The number of amides is 1. The van der Waals surface area contributed by atoms with E-state index in [1.165, 1.54) is 0 Å². The van der Waals surface area contributed by atoms with Gasteiger partial charge in [-0.3, -0.25) is 10.1 Å². The highest BCUT2D eigenvalue weighted by molar-refractivity contribution is 5.81. The zero-order valence-electron chi connectivity index (χ0n) is 13.1. The van der Waals surface area contributed by atoms with Gasteiger partial charge in [0.15, 0.2) is 0 Å². The van der Waals surface area contributed by atoms with Crippen LogP contribution in [-0.4, -0.2) is 57.9 Å². The van der Waals surface area contributed by atoms with Gasteiger partial charge in [0.25, 0.3) is 0 Å². The maximum absolute atomic E-state index is 12.3. The molecule has 1 aliphatic heterocycles. The lowest BCUT2D eigenvalue weighted by molar-refractivity contribution is -0.137. The molecule has 118 valence electrons. The largest absolute Gasteiger partial charge is 0.378 e. The number of hydrogen-bond acceptors (Lipinski definition) is 5. The van der Waals surface area contributed by atoms with E-state index in [9.17, 15) is 4.79 Å². The van der Waals surface area contributed by atoms with Crippen LogP contribution in [0.2, 0.25) is 0 Å². The summed E-state index contributed by atoms with van der Waals surface area (Å²) in [6, 6.07) is -0.229. The van der Waals surface area contributed by atoms with Gasteiger partial charge in [-0.15, -0.1) is 0 Å². The molecule has 1 aromatic heterocycles. The summed E-state index contributed by atoms with van der Waals surface area (Å²) in [7, 11) is 0. The van der Waals surface area contributed by atoms with Crippen LogP contribution in [0.15, 0.2) is 6.33 Å². The average molecular weight is 295 g/mol. The fourth-order valence-corrected chi connectivity index (χ4v) is 2.31. The first-order chi connectivity index (χ1) is 10.1. The number of nitrogens with zero attached hydrogens (tertiary/aromatic N) is 4. The summed E-state index contributed by atoms with van der Waals surface area (Å²) in [4.78, 5) is 18.4. The SMILES string of the molecule is CC(C)Cn1ncnc1CNC(C)C(=O)N1CCOCC1. The van der Waals surface area contributed by atoms with Crippen LogP contribution in [0.25, 0.3) is 0 Å². The Labute approximate surface area is 125 Å². The third kappa shape index (κ3) is 4.50. The minimum absolute atomic E-state index is 0.119. The zero-order valence-corrected chi connectivity index (χ0v) is 13.1. The van der Waals surface area contributed by atoms with Crippen molar-refractivity contribution in [3.05, 3.63) is 12.2 Å². The van der Waals surface area contributed by atoms with E-state index in [4.69, 9.17) is 4.74 Å². The second-order valence-electron chi connectivity index (χ2n) is 5.79. The molecule has 1 aromatic rings. The third-order valence-corrected chi connectivity index (χ3v) is 3.49. The first kappa shape index (κ1) is 15.9. The molecule has 0 spiro atoms. The van der Waals surface area contributed by atoms with Crippen molar-refractivity contribution >= 4 is 5.91 Å². The van der Waals surface area contributed by atoms with Gasteiger partial charge in [0, 0.05) is 19.6 Å². The molecule has 2 heterocycles. The van der Waals surface area contributed by atoms with Crippen molar-refractivity contribution in [1.82, 2.24) is 25.0 Å². The van der Waals surface area contributed by atoms with E-state index in [0.29, 0.717) is 38.8 Å². The standard InChI is InChI=1S/C14H25N5O2/c1-11(2)9-19-13(16-10-17-19)8-15-12(3)14(20)18-4-6-21-7-5-18/h10-12,15H,4-9H2,1-3H3. The predicted octanol–water partition coefficient (Wildman–Crippen LogP) is 0.271. The molecule has 1 saturated heterocycles. The summed E-state index contributed by atoms with van der Waals surface area (Å²) in [6.45, 7) is 10.2. The first-order valence-electron chi connectivity index (χ1n) is 7.54. The van der Waals surface area contributed by atoms with E-state index in [2.05, 4.69) is 29.2 Å². The summed E-state index contributed by atoms with van der Waals surface area (Å²) < 4.78 is 7.16. The lowest BCUT2D eigenvalue weighted by Crippen LogP contribution is -2.49. The van der Waals surface area contributed by atoms with Crippen molar-refractivity contribution in [3.63, 3.8) is 0 Å². The molecule has 0 aromatic carbocycles. The molecule has 7 nitrogen and oxygen atoms in total. The Kier molecular flexibility index (Phi) is 5.69. The highest BCUT2D eigenvalue weighted by atomic mass is 16.5. The lowest BCUT2D eigenvalue weighted by Gasteiger charge is -2.29. The second-order valence-corrected chi connectivity index (χ2v) is 5.79. The van der Waals surface area contributed by atoms with Gasteiger partial charge in [-0.25, -0.2) is 9.67 Å². The van der Waals surface area contributed by atoms with Crippen molar-refractivity contribution in [2.24, 2.45) is 5.92 Å². The number of ether oxygens (including phenoxy) is 1. The summed E-state index contributed by atoms with van der Waals surface area (Å²) in [5, 5.41) is 7.46. The fourth-order valence-electron chi connectivity index (χ4n) is 2.31. The Hall–Kier alpha value is -1.47. The number of carbonyl (C=O) groups is 1. The van der Waals surface area contributed by atoms with Crippen LogP contribution >= 0.6 is 0 Å². The quantitative estimate of drug-likeness (QED) is 0.815. The summed E-state index contributed by atoms with van der Waals surface area (Å²) in [5.74, 6) is 1.50. The topological polar surface area (TPSA) is 72.3 Å². The molecule has 1 aliphatic rings. The van der Waals surface area contributed by atoms with Crippen LogP contribution in [0, 0.1) is 5.92 Å². The van der Waals surface area contributed by atoms with E-state index in [1.54, 1.807) is 6.33 Å². The molecule has 21 heavy (non-hydrogen) atoms. The van der Waals surface area contributed by atoms with Crippen molar-refractivity contribution in [2.75, 3.05) is 26.3 Å². The van der Waals surface area contributed by atoms with Crippen LogP contribution in [0.1, 0.15) is 26.6 Å². The molecule has 0 saturated carbocycles. The predicted molar refractivity (Wildman–Crippen MR) is 78.6 cm³/mol. The van der Waals surface area contributed by atoms with Crippen molar-refractivity contribution in [2.45, 2.75) is 39.9 Å². The van der Waals surface area contributed by atoms with Gasteiger partial charge in [0.2, 0.25) is 5.91 Å². The van der Waals surface area contributed by atoms with Crippen LogP contribution < -0.4 is 5.32 Å². The van der Waals surface area contributed by atoms with Gasteiger partial charge in [-0.1, -0.05) is 13.8 Å². The molecule has 2 rings (SSSR count). The molecule has 1 N–H and O–H groups in total. The minimum Gasteiger partial charge on any atom is -0.378 e. The number of rotatable bonds is 6.